The summed E-state index contributed by atoms with van der Waals surface area (Å²) < 4.78 is 23.8. The fraction of sp³-hybridized carbons (Fsp3) is 0.387. The van der Waals surface area contributed by atoms with Crippen LogP contribution < -0.4 is 5.32 Å². The minimum Gasteiger partial charge on any atom is -0.465 e. The van der Waals surface area contributed by atoms with E-state index in [4.69, 9.17) is 21.3 Å². The van der Waals surface area contributed by atoms with Crippen molar-refractivity contribution in [2.75, 3.05) is 19.0 Å². The molecule has 2 aromatic carbocycles. The molecule has 10 heteroatoms. The Morgan fingerprint density at radius 2 is 2.10 bits per heavy atom. The largest absolute Gasteiger partial charge is 0.465 e. The first kappa shape index (κ1) is 25.7. The summed E-state index contributed by atoms with van der Waals surface area (Å²) in [6.07, 6.45) is 6.48. The van der Waals surface area contributed by atoms with Gasteiger partial charge in [0.1, 0.15) is 17.2 Å². The number of amides is 1. The van der Waals surface area contributed by atoms with Crippen molar-refractivity contribution in [2.24, 2.45) is 17.8 Å². The second-order valence-electron chi connectivity index (χ2n) is 11.8. The van der Waals surface area contributed by atoms with Crippen LogP contribution in [0.25, 0.3) is 11.0 Å². The monoisotopic (exact) mass is 636 g/mol. The quantitative estimate of drug-likeness (QED) is 0.341. The number of fused-ring (bicyclic) bond motifs is 7. The highest BCUT2D eigenvalue weighted by Gasteiger charge is 2.71. The van der Waals surface area contributed by atoms with Gasteiger partial charge in [0.2, 0.25) is 5.91 Å². The first-order chi connectivity index (χ1) is 19.8. The van der Waals surface area contributed by atoms with Gasteiger partial charge in [0.15, 0.2) is 0 Å². The Morgan fingerprint density at radius 3 is 2.88 bits per heavy atom. The molecule has 3 aliphatic heterocycles. The third-order valence-electron chi connectivity index (χ3n) is 9.78. The lowest BCUT2D eigenvalue weighted by Crippen LogP contribution is -2.55. The maximum atomic E-state index is 16.2. The van der Waals surface area contributed by atoms with Gasteiger partial charge in [-0.3, -0.25) is 9.69 Å². The summed E-state index contributed by atoms with van der Waals surface area (Å²) in [5.41, 5.74) is 2.53. The molecule has 2 aliphatic carbocycles. The van der Waals surface area contributed by atoms with Crippen molar-refractivity contribution in [2.45, 2.75) is 43.3 Å². The van der Waals surface area contributed by atoms with Crippen molar-refractivity contribution in [3.8, 4) is 0 Å². The van der Waals surface area contributed by atoms with E-state index in [2.05, 4.69) is 30.7 Å². The minimum atomic E-state index is -1.07. The van der Waals surface area contributed by atoms with Gasteiger partial charge < -0.3 is 14.6 Å². The molecule has 7 nitrogen and oxygen atoms in total. The van der Waals surface area contributed by atoms with Crippen molar-refractivity contribution in [1.82, 2.24) is 14.5 Å². The van der Waals surface area contributed by atoms with Crippen LogP contribution >= 0.6 is 27.5 Å². The maximum Gasteiger partial charge on any atom is 0.337 e. The zero-order valence-corrected chi connectivity index (χ0v) is 24.6. The first-order valence-electron chi connectivity index (χ1n) is 14.0. The molecule has 1 saturated carbocycles. The molecule has 1 amide bonds. The lowest BCUT2D eigenvalue weighted by Gasteiger charge is -2.42. The van der Waals surface area contributed by atoms with Crippen LogP contribution in [0, 0.1) is 17.8 Å². The van der Waals surface area contributed by atoms with Crippen LogP contribution in [0.1, 0.15) is 46.9 Å². The summed E-state index contributed by atoms with van der Waals surface area (Å²) in [4.78, 5) is 34.2. The number of likely N-dealkylation sites (tertiary alicyclic amines) is 1. The molecule has 1 spiro atoms. The summed E-state index contributed by atoms with van der Waals surface area (Å²) in [5.74, 6) is -0.609. The molecule has 1 N–H and O–H groups in total. The van der Waals surface area contributed by atoms with E-state index in [1.54, 1.807) is 24.3 Å². The summed E-state index contributed by atoms with van der Waals surface area (Å²) in [6.45, 7) is 1.39. The van der Waals surface area contributed by atoms with Crippen LogP contribution in [-0.2, 0) is 21.6 Å². The van der Waals surface area contributed by atoms with Gasteiger partial charge in [0.25, 0.3) is 0 Å². The SMILES string of the molecule is COC(=O)c1ccc2c(c1)nc1n2C[C@H]2[C@@H]1[C@H](C1CC=CC(Br)=C1F)[C@]1(C(=O)Nc3cc(Cl)ccc31)N2CC1CC1. The van der Waals surface area contributed by atoms with Crippen LogP contribution in [0.2, 0.25) is 5.02 Å². The average Bonchev–Trinajstić information content (AvgIpc) is 3.41. The molecule has 2 fully saturated rings. The predicted octanol–water partition coefficient (Wildman–Crippen LogP) is 6.28. The van der Waals surface area contributed by atoms with Gasteiger partial charge in [0.05, 0.1) is 23.7 Å². The second-order valence-corrected chi connectivity index (χ2v) is 13.1. The average molecular weight is 638 g/mol. The van der Waals surface area contributed by atoms with Crippen molar-refractivity contribution in [3.63, 3.8) is 0 Å². The van der Waals surface area contributed by atoms with Crippen molar-refractivity contribution in [1.29, 1.82) is 0 Å². The number of aromatic nitrogens is 2. The summed E-state index contributed by atoms with van der Waals surface area (Å²) in [7, 11) is 1.36. The number of imidazole rings is 1. The standard InChI is InChI=1S/C31H27BrClFN4O3/c1-41-29(39)16-7-10-23-22(11-16)35-28-25-24(14-37(23)28)38(13-15-5-6-15)31(26(25)18-3-2-4-20(32)27(18)34)19-9-8-17(33)12-21(19)36-30(31)40/h2,4,7-12,15,18,24-26H,3,5-6,13-14H2,1H3,(H,36,40)/t18?,24-,25+,26-,31+/m0/s1. The number of benzene rings is 2. The van der Waals surface area contributed by atoms with Crippen molar-refractivity contribution < 1.29 is 18.7 Å². The molecule has 210 valence electrons. The molecular weight excluding hydrogens is 611 g/mol. The van der Waals surface area contributed by atoms with E-state index in [0.29, 0.717) is 45.2 Å². The molecule has 1 saturated heterocycles. The Hall–Kier alpha value is -3.01. The summed E-state index contributed by atoms with van der Waals surface area (Å²) in [6, 6.07) is 11.0. The number of esters is 1. The Morgan fingerprint density at radius 1 is 1.27 bits per heavy atom. The van der Waals surface area contributed by atoms with Crippen molar-refractivity contribution in [3.05, 3.63) is 80.8 Å². The van der Waals surface area contributed by atoms with Gasteiger partial charge >= 0.3 is 5.97 Å². The molecule has 5 atom stereocenters. The van der Waals surface area contributed by atoms with Gasteiger partial charge in [0, 0.05) is 57.6 Å². The van der Waals surface area contributed by atoms with Gasteiger partial charge in [-0.1, -0.05) is 23.7 Å². The number of nitrogens with one attached hydrogen (secondary N) is 1. The zero-order chi connectivity index (χ0) is 28.2. The third-order valence-corrected chi connectivity index (χ3v) is 10.7. The van der Waals surface area contributed by atoms with E-state index in [-0.39, 0.29) is 23.7 Å². The van der Waals surface area contributed by atoms with Gasteiger partial charge in [-0.15, -0.1) is 0 Å². The van der Waals surface area contributed by atoms with Crippen molar-refractivity contribution >= 4 is 56.1 Å². The van der Waals surface area contributed by atoms with E-state index in [0.717, 1.165) is 36.3 Å². The summed E-state index contributed by atoms with van der Waals surface area (Å²) in [5, 5.41) is 3.69. The Balaban J connectivity index is 1.37. The number of rotatable bonds is 4. The molecule has 5 aliphatic rings. The van der Waals surface area contributed by atoms with Crippen LogP contribution in [0.15, 0.2) is 58.9 Å². The highest BCUT2D eigenvalue weighted by molar-refractivity contribution is 9.11. The molecule has 8 rings (SSSR count). The zero-order valence-electron chi connectivity index (χ0n) is 22.2. The Labute approximate surface area is 249 Å². The number of hydrogen-bond donors (Lipinski definition) is 1. The lowest BCUT2D eigenvalue weighted by molar-refractivity contribution is -0.130. The smallest absolute Gasteiger partial charge is 0.337 e. The Kier molecular flexibility index (Phi) is 5.63. The number of carbonyl (C=O) groups excluding carboxylic acids is 2. The summed E-state index contributed by atoms with van der Waals surface area (Å²) >= 11 is 9.83. The lowest BCUT2D eigenvalue weighted by atomic mass is 9.66. The fourth-order valence-electron chi connectivity index (χ4n) is 8.01. The van der Waals surface area contributed by atoms with E-state index in [1.165, 1.54) is 7.11 Å². The van der Waals surface area contributed by atoms with Gasteiger partial charge in [-0.05, 0) is 77.5 Å². The van der Waals surface area contributed by atoms with Crippen LogP contribution in [-0.4, -0.2) is 46.0 Å². The van der Waals surface area contributed by atoms with E-state index in [9.17, 15) is 9.59 Å². The molecular formula is C31H27BrClFN4O3. The molecule has 4 heterocycles. The number of carbonyl (C=O) groups is 2. The molecule has 1 aromatic heterocycles. The number of anilines is 1. The van der Waals surface area contributed by atoms with Gasteiger partial charge in [-0.2, -0.15) is 0 Å². The second kappa shape index (κ2) is 8.99. The number of allylic oxidation sites excluding steroid dienone is 4. The topological polar surface area (TPSA) is 76.5 Å². The number of halogens is 3. The van der Waals surface area contributed by atoms with Crippen LogP contribution in [0.4, 0.5) is 10.1 Å². The van der Waals surface area contributed by atoms with Crippen LogP contribution in [0.5, 0.6) is 0 Å². The number of hydrogen-bond acceptors (Lipinski definition) is 5. The third kappa shape index (κ3) is 3.49. The van der Waals surface area contributed by atoms with E-state index in [1.807, 2.05) is 24.3 Å². The molecule has 41 heavy (non-hydrogen) atoms. The van der Waals surface area contributed by atoms with Gasteiger partial charge in [-0.25, -0.2) is 14.2 Å². The fourth-order valence-corrected chi connectivity index (χ4v) is 8.66. The molecule has 3 aromatic rings. The highest BCUT2D eigenvalue weighted by atomic mass is 79.9. The number of nitrogens with zero attached hydrogens (tertiary/aromatic N) is 3. The normalized spacial score (nSPS) is 30.2. The minimum absolute atomic E-state index is 0.0438. The number of ether oxygens (including phenoxy) is 1. The molecule has 0 radical (unpaired) electrons. The Bertz CT molecular complexity index is 1730. The van der Waals surface area contributed by atoms with Crippen LogP contribution in [0.3, 0.4) is 0 Å². The first-order valence-corrected chi connectivity index (χ1v) is 15.2. The number of methoxy groups -OCH3 is 1. The highest BCUT2D eigenvalue weighted by Crippen LogP contribution is 2.65. The molecule has 1 unspecified atom stereocenters. The maximum absolute atomic E-state index is 16.2. The van der Waals surface area contributed by atoms with E-state index >= 15 is 4.39 Å². The molecule has 0 bridgehead atoms. The predicted molar refractivity (Wildman–Crippen MR) is 157 cm³/mol. The van der Waals surface area contributed by atoms with E-state index < -0.39 is 23.3 Å².